The Balaban J connectivity index is 2.36. The van der Waals surface area contributed by atoms with Gasteiger partial charge in [0.15, 0.2) is 0 Å². The molecule has 0 amide bonds. The number of benzene rings is 1. The minimum Gasteiger partial charge on any atom is -0.0952 e. The van der Waals surface area contributed by atoms with Crippen molar-refractivity contribution in [1.82, 2.24) is 0 Å². The second-order valence-electron chi connectivity index (χ2n) is 3.43. The SMILES string of the molecule is C=C(CCCC=CC)c1ccccc1. The molecule has 0 unspecified atom stereocenters. The summed E-state index contributed by atoms with van der Waals surface area (Å²) in [5.74, 6) is 0. The van der Waals surface area contributed by atoms with Gasteiger partial charge >= 0.3 is 0 Å². The number of rotatable bonds is 5. The van der Waals surface area contributed by atoms with E-state index in [-0.39, 0.29) is 0 Å². The third kappa shape index (κ3) is 3.61. The molecule has 0 nitrogen and oxygen atoms in total. The van der Waals surface area contributed by atoms with E-state index in [1.165, 1.54) is 17.6 Å². The molecule has 0 saturated carbocycles. The van der Waals surface area contributed by atoms with E-state index in [1.54, 1.807) is 0 Å². The first kappa shape index (κ1) is 10.8. The predicted octanol–water partition coefficient (Wildman–Crippen LogP) is 4.45. The van der Waals surface area contributed by atoms with Gasteiger partial charge in [0.2, 0.25) is 0 Å². The van der Waals surface area contributed by atoms with Crippen LogP contribution in [0.3, 0.4) is 0 Å². The molecule has 1 aromatic rings. The van der Waals surface area contributed by atoms with Crippen molar-refractivity contribution in [3.8, 4) is 0 Å². The molecule has 0 atom stereocenters. The van der Waals surface area contributed by atoms with Gasteiger partial charge in [-0.15, -0.1) is 0 Å². The summed E-state index contributed by atoms with van der Waals surface area (Å²) in [6.45, 7) is 6.16. The van der Waals surface area contributed by atoms with E-state index >= 15 is 0 Å². The molecule has 0 fully saturated rings. The van der Waals surface area contributed by atoms with Crippen LogP contribution in [-0.2, 0) is 0 Å². The number of allylic oxidation sites excluding steroid dienone is 3. The Morgan fingerprint density at radius 1 is 1.29 bits per heavy atom. The van der Waals surface area contributed by atoms with Gasteiger partial charge in [-0.1, -0.05) is 49.1 Å². The van der Waals surface area contributed by atoms with Gasteiger partial charge < -0.3 is 0 Å². The van der Waals surface area contributed by atoms with Crippen LogP contribution in [0.2, 0.25) is 0 Å². The molecule has 0 spiro atoms. The molecule has 0 aliphatic heterocycles. The molecule has 0 N–H and O–H groups in total. The molecule has 1 aromatic carbocycles. The highest BCUT2D eigenvalue weighted by Crippen LogP contribution is 2.18. The van der Waals surface area contributed by atoms with Crippen molar-refractivity contribution in [2.75, 3.05) is 0 Å². The van der Waals surface area contributed by atoms with Crippen molar-refractivity contribution in [1.29, 1.82) is 0 Å². The minimum absolute atomic E-state index is 1.09. The van der Waals surface area contributed by atoms with Crippen LogP contribution in [-0.4, -0.2) is 0 Å². The highest BCUT2D eigenvalue weighted by atomic mass is 14.0. The number of hydrogen-bond acceptors (Lipinski definition) is 0. The van der Waals surface area contributed by atoms with Crippen LogP contribution in [0, 0.1) is 0 Å². The first-order valence-electron chi connectivity index (χ1n) is 5.19. The van der Waals surface area contributed by atoms with Crippen LogP contribution in [0.5, 0.6) is 0 Å². The summed E-state index contributed by atoms with van der Waals surface area (Å²) >= 11 is 0. The molecule has 0 saturated heterocycles. The molecule has 14 heavy (non-hydrogen) atoms. The average Bonchev–Trinajstić information content (AvgIpc) is 2.25. The Bertz CT molecular complexity index is 293. The lowest BCUT2D eigenvalue weighted by Gasteiger charge is -2.03. The summed E-state index contributed by atoms with van der Waals surface area (Å²) in [6.07, 6.45) is 7.75. The van der Waals surface area contributed by atoms with E-state index in [0.29, 0.717) is 0 Å². The smallest absolute Gasteiger partial charge is 0.0230 e. The summed E-state index contributed by atoms with van der Waals surface area (Å²) in [5, 5.41) is 0. The zero-order chi connectivity index (χ0) is 10.2. The predicted molar refractivity (Wildman–Crippen MR) is 64.1 cm³/mol. The summed E-state index contributed by atoms with van der Waals surface area (Å²) in [5.41, 5.74) is 2.52. The van der Waals surface area contributed by atoms with E-state index in [9.17, 15) is 0 Å². The van der Waals surface area contributed by atoms with Gasteiger partial charge in [0, 0.05) is 0 Å². The van der Waals surface area contributed by atoms with Crippen LogP contribution in [0.15, 0.2) is 49.1 Å². The van der Waals surface area contributed by atoms with Gasteiger partial charge in [0.1, 0.15) is 0 Å². The van der Waals surface area contributed by atoms with Crippen LogP contribution in [0.4, 0.5) is 0 Å². The van der Waals surface area contributed by atoms with Gasteiger partial charge in [0.25, 0.3) is 0 Å². The Hall–Kier alpha value is -1.30. The Labute approximate surface area is 87.0 Å². The average molecular weight is 186 g/mol. The maximum atomic E-state index is 4.10. The number of unbranched alkanes of at least 4 members (excludes halogenated alkanes) is 1. The molecular weight excluding hydrogens is 168 g/mol. The van der Waals surface area contributed by atoms with Gasteiger partial charge in [-0.2, -0.15) is 0 Å². The summed E-state index contributed by atoms with van der Waals surface area (Å²) < 4.78 is 0. The van der Waals surface area contributed by atoms with Crippen molar-refractivity contribution >= 4 is 5.57 Å². The topological polar surface area (TPSA) is 0 Å². The summed E-state index contributed by atoms with van der Waals surface area (Å²) in [6, 6.07) is 10.4. The molecule has 0 heterocycles. The Morgan fingerprint density at radius 2 is 2.00 bits per heavy atom. The highest BCUT2D eigenvalue weighted by Gasteiger charge is 1.96. The van der Waals surface area contributed by atoms with Gasteiger partial charge in [-0.25, -0.2) is 0 Å². The van der Waals surface area contributed by atoms with Crippen LogP contribution >= 0.6 is 0 Å². The third-order valence-corrected chi connectivity index (χ3v) is 2.27. The fraction of sp³-hybridized carbons (Fsp3) is 0.286. The highest BCUT2D eigenvalue weighted by molar-refractivity contribution is 5.62. The maximum Gasteiger partial charge on any atom is -0.0230 e. The lowest BCUT2D eigenvalue weighted by molar-refractivity contribution is 0.880. The molecule has 74 valence electrons. The first-order valence-corrected chi connectivity index (χ1v) is 5.19. The van der Waals surface area contributed by atoms with Crippen LogP contribution in [0.1, 0.15) is 31.7 Å². The molecule has 0 bridgehead atoms. The van der Waals surface area contributed by atoms with Crippen molar-refractivity contribution in [3.05, 3.63) is 54.6 Å². The number of hydrogen-bond donors (Lipinski definition) is 0. The monoisotopic (exact) mass is 186 g/mol. The van der Waals surface area contributed by atoms with Crippen molar-refractivity contribution in [2.45, 2.75) is 26.2 Å². The largest absolute Gasteiger partial charge is 0.0952 e. The van der Waals surface area contributed by atoms with E-state index in [0.717, 1.165) is 12.8 Å². The third-order valence-electron chi connectivity index (χ3n) is 2.27. The molecule has 0 radical (unpaired) electrons. The summed E-state index contributed by atoms with van der Waals surface area (Å²) in [4.78, 5) is 0. The molecule has 0 aliphatic carbocycles. The van der Waals surface area contributed by atoms with E-state index in [1.807, 2.05) is 6.07 Å². The molecule has 0 aromatic heterocycles. The Morgan fingerprint density at radius 3 is 2.64 bits per heavy atom. The first-order chi connectivity index (χ1) is 6.84. The molecule has 0 aliphatic rings. The minimum atomic E-state index is 1.09. The van der Waals surface area contributed by atoms with Gasteiger partial charge in [0.05, 0.1) is 0 Å². The standard InChI is InChI=1S/C14H18/c1-3-4-5-7-10-13(2)14-11-8-6-9-12-14/h3-4,6,8-9,11-12H,2,5,7,10H2,1H3. The Kier molecular flexibility index (Phi) is 4.77. The second-order valence-corrected chi connectivity index (χ2v) is 3.43. The van der Waals surface area contributed by atoms with Crippen LogP contribution < -0.4 is 0 Å². The summed E-state index contributed by atoms with van der Waals surface area (Å²) in [7, 11) is 0. The van der Waals surface area contributed by atoms with Crippen LogP contribution in [0.25, 0.3) is 5.57 Å². The van der Waals surface area contributed by atoms with Gasteiger partial charge in [-0.05, 0) is 37.3 Å². The van der Waals surface area contributed by atoms with Gasteiger partial charge in [-0.3, -0.25) is 0 Å². The van der Waals surface area contributed by atoms with Crippen molar-refractivity contribution in [3.63, 3.8) is 0 Å². The maximum absolute atomic E-state index is 4.10. The van der Waals surface area contributed by atoms with E-state index < -0.39 is 0 Å². The van der Waals surface area contributed by atoms with Crippen molar-refractivity contribution < 1.29 is 0 Å². The second kappa shape index (κ2) is 6.20. The van der Waals surface area contributed by atoms with Crippen molar-refractivity contribution in [2.24, 2.45) is 0 Å². The zero-order valence-electron chi connectivity index (χ0n) is 8.87. The van der Waals surface area contributed by atoms with E-state index in [4.69, 9.17) is 0 Å². The molecule has 0 heteroatoms. The fourth-order valence-electron chi connectivity index (χ4n) is 1.42. The lowest BCUT2D eigenvalue weighted by Crippen LogP contribution is -1.82. The quantitative estimate of drug-likeness (QED) is 0.471. The zero-order valence-corrected chi connectivity index (χ0v) is 8.87. The molecule has 1 rings (SSSR count). The fourth-order valence-corrected chi connectivity index (χ4v) is 1.42. The molecular formula is C14H18. The normalized spacial score (nSPS) is 10.6. The van der Waals surface area contributed by atoms with E-state index in [2.05, 4.69) is 49.9 Å². The lowest BCUT2D eigenvalue weighted by atomic mass is 10.0.